The van der Waals surface area contributed by atoms with Crippen LogP contribution in [0.1, 0.15) is 45.7 Å². The van der Waals surface area contributed by atoms with Crippen LogP contribution in [0.4, 0.5) is 0 Å². The molecule has 0 radical (unpaired) electrons. The summed E-state index contributed by atoms with van der Waals surface area (Å²) in [4.78, 5) is 10.1. The molecule has 2 N–H and O–H groups in total. The summed E-state index contributed by atoms with van der Waals surface area (Å²) in [6, 6.07) is 8.72. The maximum absolute atomic E-state index is 6.12. The first-order valence-electron chi connectivity index (χ1n) is 9.62. The van der Waals surface area contributed by atoms with Crippen LogP contribution in [0, 0.1) is 26.7 Å². The topological polar surface area (TPSA) is 58.5 Å². The number of aryl methyl sites for hydroxylation is 3. The second-order valence-electron chi connectivity index (χ2n) is 7.15. The number of thiazole rings is 1. The molecule has 1 aliphatic rings. The number of benzene rings is 1. The summed E-state index contributed by atoms with van der Waals surface area (Å²) in [6.07, 6.45) is 2.42. The third-order valence-electron chi connectivity index (χ3n) is 5.02. The number of hydrogen-bond acceptors (Lipinski definition) is 4. The Morgan fingerprint density at radius 3 is 2.67 bits per heavy atom. The van der Waals surface area contributed by atoms with Crippen LogP contribution in [-0.4, -0.2) is 31.1 Å². The molecule has 2 atom stereocenters. The molecule has 1 fully saturated rings. The zero-order chi connectivity index (χ0) is 19.2. The number of nitrogens with zero attached hydrogens (tertiary/aromatic N) is 2. The molecule has 1 aliphatic heterocycles. The molecule has 0 spiro atoms. The summed E-state index contributed by atoms with van der Waals surface area (Å²) in [7, 11) is 1.81. The third-order valence-corrected chi connectivity index (χ3v) is 6.09. The van der Waals surface area contributed by atoms with E-state index in [4.69, 9.17) is 4.74 Å². The smallest absolute Gasteiger partial charge is 0.191 e. The van der Waals surface area contributed by atoms with Crippen LogP contribution in [0.5, 0.6) is 0 Å². The van der Waals surface area contributed by atoms with Crippen molar-refractivity contribution in [2.24, 2.45) is 10.9 Å². The lowest BCUT2D eigenvalue weighted by Crippen LogP contribution is -2.41. The van der Waals surface area contributed by atoms with E-state index >= 15 is 0 Å². The average Bonchev–Trinajstić information content (AvgIpc) is 3.00. The first-order chi connectivity index (χ1) is 13.1. The zero-order valence-electron chi connectivity index (χ0n) is 16.7. The van der Waals surface area contributed by atoms with Gasteiger partial charge in [0.2, 0.25) is 0 Å². The van der Waals surface area contributed by atoms with E-state index in [-0.39, 0.29) is 6.10 Å². The fraction of sp³-hybridized carbons (Fsp3) is 0.524. The first-order valence-corrected chi connectivity index (χ1v) is 10.4. The van der Waals surface area contributed by atoms with Gasteiger partial charge in [-0.3, -0.25) is 4.99 Å². The molecule has 1 aromatic heterocycles. The number of rotatable bonds is 5. The Kier molecular flexibility index (Phi) is 6.85. The van der Waals surface area contributed by atoms with Crippen LogP contribution < -0.4 is 10.6 Å². The van der Waals surface area contributed by atoms with Crippen LogP contribution in [-0.2, 0) is 11.3 Å². The summed E-state index contributed by atoms with van der Waals surface area (Å²) in [6.45, 7) is 8.65. The van der Waals surface area contributed by atoms with Crippen LogP contribution in [0.3, 0.4) is 0 Å². The van der Waals surface area contributed by atoms with E-state index in [0.717, 1.165) is 49.2 Å². The highest BCUT2D eigenvalue weighted by molar-refractivity contribution is 7.11. The van der Waals surface area contributed by atoms with Gasteiger partial charge in [0.05, 0.1) is 23.4 Å². The van der Waals surface area contributed by atoms with E-state index in [1.54, 1.807) is 11.3 Å². The minimum absolute atomic E-state index is 0.149. The lowest BCUT2D eigenvalue weighted by atomic mass is 9.89. The van der Waals surface area contributed by atoms with Crippen molar-refractivity contribution in [3.05, 3.63) is 51.0 Å². The minimum Gasteiger partial charge on any atom is -0.373 e. The van der Waals surface area contributed by atoms with E-state index in [1.165, 1.54) is 16.0 Å². The summed E-state index contributed by atoms with van der Waals surface area (Å²) in [5.41, 5.74) is 3.65. The fourth-order valence-electron chi connectivity index (χ4n) is 3.53. The predicted molar refractivity (Wildman–Crippen MR) is 112 cm³/mol. The molecule has 0 saturated carbocycles. The average molecular weight is 387 g/mol. The highest BCUT2D eigenvalue weighted by atomic mass is 32.1. The second kappa shape index (κ2) is 9.33. The number of aromatic nitrogens is 1. The molecule has 3 rings (SSSR count). The fourth-order valence-corrected chi connectivity index (χ4v) is 4.40. The van der Waals surface area contributed by atoms with Crippen molar-refractivity contribution in [2.75, 3.05) is 20.2 Å². The van der Waals surface area contributed by atoms with Gasteiger partial charge in [-0.2, -0.15) is 0 Å². The van der Waals surface area contributed by atoms with Crippen molar-refractivity contribution in [1.82, 2.24) is 15.6 Å². The van der Waals surface area contributed by atoms with E-state index in [2.05, 4.69) is 58.7 Å². The van der Waals surface area contributed by atoms with Crippen molar-refractivity contribution in [1.29, 1.82) is 0 Å². The summed E-state index contributed by atoms with van der Waals surface area (Å²) < 4.78 is 6.12. The first kappa shape index (κ1) is 19.8. The van der Waals surface area contributed by atoms with Gasteiger partial charge < -0.3 is 15.4 Å². The molecule has 1 aromatic carbocycles. The van der Waals surface area contributed by atoms with Crippen molar-refractivity contribution in [2.45, 2.75) is 46.3 Å². The van der Waals surface area contributed by atoms with Crippen molar-refractivity contribution < 1.29 is 4.74 Å². The highest BCUT2D eigenvalue weighted by Gasteiger charge is 2.27. The van der Waals surface area contributed by atoms with E-state index in [0.29, 0.717) is 5.92 Å². The minimum atomic E-state index is 0.149. The largest absolute Gasteiger partial charge is 0.373 e. The van der Waals surface area contributed by atoms with E-state index in [9.17, 15) is 0 Å². The van der Waals surface area contributed by atoms with Gasteiger partial charge in [0.15, 0.2) is 5.96 Å². The molecule has 27 heavy (non-hydrogen) atoms. The quantitative estimate of drug-likeness (QED) is 0.604. The van der Waals surface area contributed by atoms with Crippen LogP contribution in [0.2, 0.25) is 0 Å². The molecule has 1 saturated heterocycles. The van der Waals surface area contributed by atoms with Gasteiger partial charge in [-0.25, -0.2) is 4.98 Å². The Balaban J connectivity index is 1.57. The molecule has 6 heteroatoms. The summed E-state index contributed by atoms with van der Waals surface area (Å²) >= 11 is 1.74. The monoisotopic (exact) mass is 386 g/mol. The lowest BCUT2D eigenvalue weighted by Gasteiger charge is -2.32. The molecule has 0 bridgehead atoms. The van der Waals surface area contributed by atoms with Gasteiger partial charge in [-0.05, 0) is 39.2 Å². The Morgan fingerprint density at radius 1 is 1.22 bits per heavy atom. The van der Waals surface area contributed by atoms with Crippen LogP contribution >= 0.6 is 11.3 Å². The maximum Gasteiger partial charge on any atom is 0.191 e. The van der Waals surface area contributed by atoms with E-state index < -0.39 is 0 Å². The Bertz CT molecular complexity index is 769. The number of guanidine groups is 1. The second-order valence-corrected chi connectivity index (χ2v) is 8.44. The maximum atomic E-state index is 6.12. The van der Waals surface area contributed by atoms with Crippen molar-refractivity contribution >= 4 is 17.3 Å². The third kappa shape index (κ3) is 5.30. The molecule has 2 heterocycles. The Morgan fingerprint density at radius 2 is 2.00 bits per heavy atom. The molecular weight excluding hydrogens is 356 g/mol. The summed E-state index contributed by atoms with van der Waals surface area (Å²) in [5.74, 6) is 1.26. The SMILES string of the molecule is CN=C(NCc1sc(C)nc1C)NCC1CCCOC1c1ccc(C)cc1. The van der Waals surface area contributed by atoms with Crippen LogP contribution in [0.25, 0.3) is 0 Å². The van der Waals surface area contributed by atoms with Gasteiger partial charge in [-0.1, -0.05) is 29.8 Å². The van der Waals surface area contributed by atoms with Gasteiger partial charge in [0.25, 0.3) is 0 Å². The normalized spacial score (nSPS) is 20.5. The molecule has 2 unspecified atom stereocenters. The molecule has 2 aromatic rings. The van der Waals surface area contributed by atoms with Crippen LogP contribution in [0.15, 0.2) is 29.3 Å². The highest BCUT2D eigenvalue weighted by Crippen LogP contribution is 2.33. The lowest BCUT2D eigenvalue weighted by molar-refractivity contribution is -0.0265. The number of ether oxygens (including phenoxy) is 1. The van der Waals surface area contributed by atoms with Gasteiger partial charge >= 0.3 is 0 Å². The molecule has 0 amide bonds. The van der Waals surface area contributed by atoms with Gasteiger partial charge in [0.1, 0.15) is 0 Å². The summed E-state index contributed by atoms with van der Waals surface area (Å²) in [5, 5.41) is 8.00. The standard InChI is InChI=1S/C21H30N4OS/c1-14-7-9-17(10-8-14)20-18(6-5-11-26-20)12-23-21(22-4)24-13-19-15(2)25-16(3)27-19/h7-10,18,20H,5-6,11-13H2,1-4H3,(H2,22,23,24). The van der Waals surface area contributed by atoms with Gasteiger partial charge in [0, 0.05) is 31.0 Å². The number of aliphatic imine (C=N–C) groups is 1. The molecule has 146 valence electrons. The molecule has 5 nitrogen and oxygen atoms in total. The Labute approximate surface area is 166 Å². The van der Waals surface area contributed by atoms with E-state index in [1.807, 2.05) is 14.0 Å². The Hall–Kier alpha value is -1.92. The number of nitrogens with one attached hydrogen (secondary N) is 2. The van der Waals surface area contributed by atoms with Gasteiger partial charge in [-0.15, -0.1) is 11.3 Å². The van der Waals surface area contributed by atoms with Crippen molar-refractivity contribution in [3.63, 3.8) is 0 Å². The zero-order valence-corrected chi connectivity index (χ0v) is 17.5. The number of hydrogen-bond donors (Lipinski definition) is 2. The molecular formula is C21H30N4OS. The predicted octanol–water partition coefficient (Wildman–Crippen LogP) is 3.90. The molecule has 0 aliphatic carbocycles. The van der Waals surface area contributed by atoms with Crippen molar-refractivity contribution in [3.8, 4) is 0 Å².